The molecule has 0 saturated carbocycles. The van der Waals surface area contributed by atoms with Gasteiger partial charge in [-0.05, 0) is 47.0 Å². The predicted octanol–water partition coefficient (Wildman–Crippen LogP) is 3.22. The van der Waals surface area contributed by atoms with Crippen LogP contribution < -0.4 is 5.32 Å². The Kier molecular flexibility index (Phi) is 4.15. The van der Waals surface area contributed by atoms with Crippen LogP contribution in [0.15, 0.2) is 41.0 Å². The second kappa shape index (κ2) is 6.22. The molecule has 0 radical (unpaired) electrons. The number of benzene rings is 1. The largest absolute Gasteiger partial charge is 0.337 e. The maximum atomic E-state index is 12.3. The van der Waals surface area contributed by atoms with Crippen LogP contribution in [0, 0.1) is 0 Å². The Morgan fingerprint density at radius 2 is 1.95 bits per heavy atom. The quantitative estimate of drug-likeness (QED) is 0.926. The Labute approximate surface area is 131 Å². The molecule has 1 fully saturated rings. The van der Waals surface area contributed by atoms with E-state index in [1.807, 2.05) is 29.2 Å². The van der Waals surface area contributed by atoms with Crippen molar-refractivity contribution in [1.82, 2.24) is 14.9 Å². The van der Waals surface area contributed by atoms with Crippen LogP contribution in [0.1, 0.15) is 23.3 Å². The third kappa shape index (κ3) is 3.21. The smallest absolute Gasteiger partial charge is 0.272 e. The lowest BCUT2D eigenvalue weighted by atomic mass is 10.3. The van der Waals surface area contributed by atoms with Crippen LogP contribution in [0.5, 0.6) is 0 Å². The SMILES string of the molecule is O=C(c1ccnc(Nc2ccccc2Br)n1)N1CCCC1. The van der Waals surface area contributed by atoms with Crippen molar-refractivity contribution in [2.75, 3.05) is 18.4 Å². The van der Waals surface area contributed by atoms with E-state index in [0.29, 0.717) is 11.6 Å². The molecule has 1 saturated heterocycles. The summed E-state index contributed by atoms with van der Waals surface area (Å²) in [7, 11) is 0. The molecule has 0 aliphatic carbocycles. The van der Waals surface area contributed by atoms with E-state index in [4.69, 9.17) is 0 Å². The molecular weight excluding hydrogens is 332 g/mol. The lowest BCUT2D eigenvalue weighted by Crippen LogP contribution is -2.28. The van der Waals surface area contributed by atoms with Crippen LogP contribution >= 0.6 is 15.9 Å². The Morgan fingerprint density at radius 3 is 2.71 bits per heavy atom. The van der Waals surface area contributed by atoms with Crippen LogP contribution in [-0.2, 0) is 0 Å². The van der Waals surface area contributed by atoms with Crippen LogP contribution in [-0.4, -0.2) is 33.9 Å². The second-order valence-corrected chi connectivity index (χ2v) is 5.72. The normalized spacial score (nSPS) is 14.2. The van der Waals surface area contributed by atoms with Crippen LogP contribution in [0.25, 0.3) is 0 Å². The maximum Gasteiger partial charge on any atom is 0.272 e. The van der Waals surface area contributed by atoms with Gasteiger partial charge in [-0.3, -0.25) is 4.79 Å². The van der Waals surface area contributed by atoms with Gasteiger partial charge in [-0.15, -0.1) is 0 Å². The van der Waals surface area contributed by atoms with Gasteiger partial charge in [0.15, 0.2) is 0 Å². The molecule has 3 rings (SSSR count). The van der Waals surface area contributed by atoms with Gasteiger partial charge in [-0.25, -0.2) is 9.97 Å². The van der Waals surface area contributed by atoms with E-state index >= 15 is 0 Å². The van der Waals surface area contributed by atoms with Gasteiger partial charge in [-0.2, -0.15) is 0 Å². The van der Waals surface area contributed by atoms with E-state index in [1.165, 1.54) is 0 Å². The highest BCUT2D eigenvalue weighted by Gasteiger charge is 2.20. The average molecular weight is 347 g/mol. The van der Waals surface area contributed by atoms with Crippen molar-refractivity contribution in [3.63, 3.8) is 0 Å². The molecule has 5 nitrogen and oxygen atoms in total. The number of anilines is 2. The standard InChI is InChI=1S/C15H15BrN4O/c16-11-5-1-2-6-12(11)18-15-17-8-7-13(19-15)14(21)20-9-3-4-10-20/h1-2,5-8H,3-4,9-10H2,(H,17,18,19). The van der Waals surface area contributed by atoms with E-state index in [1.54, 1.807) is 12.3 Å². The second-order valence-electron chi connectivity index (χ2n) is 4.87. The fraction of sp³-hybridized carbons (Fsp3) is 0.267. The first-order valence-corrected chi connectivity index (χ1v) is 7.67. The van der Waals surface area contributed by atoms with Crippen LogP contribution in [0.4, 0.5) is 11.6 Å². The van der Waals surface area contributed by atoms with Gasteiger partial charge in [0.2, 0.25) is 5.95 Å². The molecule has 1 aliphatic heterocycles. The molecule has 1 amide bonds. The lowest BCUT2D eigenvalue weighted by molar-refractivity contribution is 0.0787. The molecule has 108 valence electrons. The minimum Gasteiger partial charge on any atom is -0.337 e. The molecule has 2 aromatic rings. The summed E-state index contributed by atoms with van der Waals surface area (Å²) in [6.07, 6.45) is 3.74. The summed E-state index contributed by atoms with van der Waals surface area (Å²) in [6, 6.07) is 9.37. The van der Waals surface area contributed by atoms with E-state index in [0.717, 1.165) is 36.1 Å². The van der Waals surface area contributed by atoms with Gasteiger partial charge < -0.3 is 10.2 Å². The molecule has 1 N–H and O–H groups in total. The first-order chi connectivity index (χ1) is 10.2. The Hall–Kier alpha value is -1.95. The molecule has 1 aromatic carbocycles. The number of amides is 1. The number of carbonyl (C=O) groups is 1. The molecule has 0 bridgehead atoms. The molecule has 6 heteroatoms. The van der Waals surface area contributed by atoms with Crippen molar-refractivity contribution < 1.29 is 4.79 Å². The minimum absolute atomic E-state index is 0.0231. The monoisotopic (exact) mass is 346 g/mol. The fourth-order valence-corrected chi connectivity index (χ4v) is 2.69. The number of nitrogens with one attached hydrogen (secondary N) is 1. The van der Waals surface area contributed by atoms with Crippen LogP contribution in [0.2, 0.25) is 0 Å². The van der Waals surface area contributed by atoms with E-state index in [-0.39, 0.29) is 5.91 Å². The number of carbonyl (C=O) groups excluding carboxylic acids is 1. The highest BCUT2D eigenvalue weighted by molar-refractivity contribution is 9.10. The van der Waals surface area contributed by atoms with E-state index in [9.17, 15) is 4.79 Å². The molecule has 2 heterocycles. The van der Waals surface area contributed by atoms with Gasteiger partial charge in [0.25, 0.3) is 5.91 Å². The van der Waals surface area contributed by atoms with Crippen molar-refractivity contribution in [3.8, 4) is 0 Å². The van der Waals surface area contributed by atoms with E-state index < -0.39 is 0 Å². The molecule has 1 aromatic heterocycles. The Bertz CT molecular complexity index is 656. The Balaban J connectivity index is 1.80. The topological polar surface area (TPSA) is 58.1 Å². The lowest BCUT2D eigenvalue weighted by Gasteiger charge is -2.15. The summed E-state index contributed by atoms with van der Waals surface area (Å²) in [4.78, 5) is 22.6. The number of rotatable bonds is 3. The number of aromatic nitrogens is 2. The molecule has 0 spiro atoms. The summed E-state index contributed by atoms with van der Waals surface area (Å²) in [5, 5.41) is 3.12. The van der Waals surface area contributed by atoms with Crippen molar-refractivity contribution in [3.05, 3.63) is 46.7 Å². The highest BCUT2D eigenvalue weighted by atomic mass is 79.9. The van der Waals surface area contributed by atoms with Crippen molar-refractivity contribution in [2.24, 2.45) is 0 Å². The summed E-state index contributed by atoms with van der Waals surface area (Å²) in [6.45, 7) is 1.63. The maximum absolute atomic E-state index is 12.3. The fourth-order valence-electron chi connectivity index (χ4n) is 2.30. The number of hydrogen-bond acceptors (Lipinski definition) is 4. The predicted molar refractivity (Wildman–Crippen MR) is 84.6 cm³/mol. The van der Waals surface area contributed by atoms with Gasteiger partial charge in [-0.1, -0.05) is 12.1 Å². The van der Waals surface area contributed by atoms with Crippen LogP contribution in [0.3, 0.4) is 0 Å². The van der Waals surface area contributed by atoms with Crippen molar-refractivity contribution in [2.45, 2.75) is 12.8 Å². The Morgan fingerprint density at radius 1 is 1.19 bits per heavy atom. The summed E-state index contributed by atoms with van der Waals surface area (Å²) < 4.78 is 0.921. The molecule has 0 atom stereocenters. The zero-order chi connectivity index (χ0) is 14.7. The number of nitrogens with zero attached hydrogens (tertiary/aromatic N) is 3. The molecule has 0 unspecified atom stereocenters. The van der Waals surface area contributed by atoms with E-state index in [2.05, 4.69) is 31.2 Å². The zero-order valence-electron chi connectivity index (χ0n) is 11.4. The molecule has 21 heavy (non-hydrogen) atoms. The average Bonchev–Trinajstić information content (AvgIpc) is 3.03. The zero-order valence-corrected chi connectivity index (χ0v) is 13.0. The summed E-state index contributed by atoms with van der Waals surface area (Å²) >= 11 is 3.46. The van der Waals surface area contributed by atoms with Crippen molar-refractivity contribution >= 4 is 33.5 Å². The minimum atomic E-state index is -0.0231. The van der Waals surface area contributed by atoms with Gasteiger partial charge in [0, 0.05) is 23.8 Å². The van der Waals surface area contributed by atoms with Gasteiger partial charge >= 0.3 is 0 Å². The summed E-state index contributed by atoms with van der Waals surface area (Å²) in [5.74, 6) is 0.400. The van der Waals surface area contributed by atoms with Crippen molar-refractivity contribution in [1.29, 1.82) is 0 Å². The number of halogens is 1. The summed E-state index contributed by atoms with van der Waals surface area (Å²) in [5.41, 5.74) is 1.30. The van der Waals surface area contributed by atoms with Gasteiger partial charge in [0.1, 0.15) is 5.69 Å². The number of hydrogen-bond donors (Lipinski definition) is 1. The third-order valence-corrected chi connectivity index (χ3v) is 4.08. The first-order valence-electron chi connectivity index (χ1n) is 6.88. The molecule has 1 aliphatic rings. The first kappa shape index (κ1) is 14.0. The highest BCUT2D eigenvalue weighted by Crippen LogP contribution is 2.23. The number of para-hydroxylation sites is 1. The number of likely N-dealkylation sites (tertiary alicyclic amines) is 1. The molecular formula is C15H15BrN4O. The third-order valence-electron chi connectivity index (χ3n) is 3.39. The van der Waals surface area contributed by atoms with Gasteiger partial charge in [0.05, 0.1) is 5.69 Å².